The fourth-order valence-electron chi connectivity index (χ4n) is 2.01. The van der Waals surface area contributed by atoms with Crippen LogP contribution in [0.5, 0.6) is 5.75 Å². The van der Waals surface area contributed by atoms with Gasteiger partial charge in [-0.25, -0.2) is 4.98 Å². The lowest BCUT2D eigenvalue weighted by molar-refractivity contribution is 0.224. The summed E-state index contributed by atoms with van der Waals surface area (Å²) in [5.41, 5.74) is 1.03. The molecule has 1 atom stereocenters. The Morgan fingerprint density at radius 1 is 1.33 bits per heavy atom. The second-order valence-corrected chi connectivity index (χ2v) is 6.65. The summed E-state index contributed by atoms with van der Waals surface area (Å²) < 4.78 is 5.83. The standard InChI is InChI=1S/C17H23ClN4OS/c1-4-16-22-14(11-24-16)10-21-17(19-3)20-9-12(2)23-15-7-5-13(18)6-8-15/h5-8,11-12H,4,9-10H2,1-3H3,(H2,19,20,21). The number of halogens is 1. The van der Waals surface area contributed by atoms with Crippen LogP contribution in [-0.4, -0.2) is 30.6 Å². The highest BCUT2D eigenvalue weighted by Crippen LogP contribution is 2.16. The molecule has 0 radical (unpaired) electrons. The second kappa shape index (κ2) is 9.49. The quantitative estimate of drug-likeness (QED) is 0.581. The number of rotatable bonds is 7. The highest BCUT2D eigenvalue weighted by molar-refractivity contribution is 7.09. The predicted octanol–water partition coefficient (Wildman–Crippen LogP) is 3.49. The van der Waals surface area contributed by atoms with Crippen molar-refractivity contribution in [2.75, 3.05) is 13.6 Å². The molecule has 0 saturated carbocycles. The van der Waals surface area contributed by atoms with Gasteiger partial charge in [-0.3, -0.25) is 4.99 Å². The van der Waals surface area contributed by atoms with Crippen LogP contribution < -0.4 is 15.4 Å². The zero-order valence-electron chi connectivity index (χ0n) is 14.2. The molecule has 2 N–H and O–H groups in total. The molecule has 24 heavy (non-hydrogen) atoms. The number of hydrogen-bond acceptors (Lipinski definition) is 4. The first-order valence-electron chi connectivity index (χ1n) is 7.90. The van der Waals surface area contributed by atoms with E-state index in [1.165, 1.54) is 0 Å². The number of aliphatic imine (C=N–C) groups is 1. The van der Waals surface area contributed by atoms with Gasteiger partial charge >= 0.3 is 0 Å². The molecule has 1 aromatic carbocycles. The van der Waals surface area contributed by atoms with Gasteiger partial charge < -0.3 is 15.4 Å². The molecule has 5 nitrogen and oxygen atoms in total. The van der Waals surface area contributed by atoms with Crippen LogP contribution in [0.2, 0.25) is 5.02 Å². The van der Waals surface area contributed by atoms with Crippen LogP contribution in [0.1, 0.15) is 24.5 Å². The Hall–Kier alpha value is -1.79. The molecule has 7 heteroatoms. The summed E-state index contributed by atoms with van der Waals surface area (Å²) in [5.74, 6) is 1.53. The van der Waals surface area contributed by atoms with Gasteiger partial charge in [-0.2, -0.15) is 0 Å². The van der Waals surface area contributed by atoms with Crippen LogP contribution in [0, 0.1) is 0 Å². The van der Waals surface area contributed by atoms with Crippen LogP contribution in [0.3, 0.4) is 0 Å². The summed E-state index contributed by atoms with van der Waals surface area (Å²) in [7, 11) is 1.75. The van der Waals surface area contributed by atoms with E-state index in [0.717, 1.165) is 28.8 Å². The number of nitrogens with zero attached hydrogens (tertiary/aromatic N) is 2. The molecule has 0 saturated heterocycles. The third-order valence-electron chi connectivity index (χ3n) is 3.27. The Morgan fingerprint density at radius 3 is 2.71 bits per heavy atom. The van der Waals surface area contributed by atoms with Crippen LogP contribution in [0.15, 0.2) is 34.6 Å². The van der Waals surface area contributed by atoms with Gasteiger partial charge in [0.1, 0.15) is 11.9 Å². The zero-order chi connectivity index (χ0) is 17.4. The van der Waals surface area contributed by atoms with Gasteiger partial charge in [-0.05, 0) is 37.6 Å². The van der Waals surface area contributed by atoms with Crippen LogP contribution in [0.25, 0.3) is 0 Å². The molecule has 130 valence electrons. The SMILES string of the molecule is CCc1nc(CNC(=NC)NCC(C)Oc2ccc(Cl)cc2)cs1. The van der Waals surface area contributed by atoms with E-state index in [1.54, 1.807) is 18.4 Å². The van der Waals surface area contributed by atoms with Crippen molar-refractivity contribution in [1.82, 2.24) is 15.6 Å². The molecule has 0 aliphatic carbocycles. The minimum Gasteiger partial charge on any atom is -0.489 e. The molecule has 1 heterocycles. The number of thiazole rings is 1. The summed E-state index contributed by atoms with van der Waals surface area (Å²) in [4.78, 5) is 8.75. The fraction of sp³-hybridized carbons (Fsp3) is 0.412. The van der Waals surface area contributed by atoms with Gasteiger partial charge in [-0.15, -0.1) is 11.3 Å². The van der Waals surface area contributed by atoms with E-state index >= 15 is 0 Å². The Balaban J connectivity index is 1.75. The van der Waals surface area contributed by atoms with E-state index < -0.39 is 0 Å². The molecule has 0 aliphatic rings. The number of hydrogen-bond donors (Lipinski definition) is 2. The monoisotopic (exact) mass is 366 g/mol. The largest absolute Gasteiger partial charge is 0.489 e. The maximum Gasteiger partial charge on any atom is 0.191 e. The average Bonchev–Trinajstić information content (AvgIpc) is 3.05. The molecule has 0 fully saturated rings. The van der Waals surface area contributed by atoms with Gasteiger partial charge in [0.2, 0.25) is 0 Å². The lowest BCUT2D eigenvalue weighted by atomic mass is 10.3. The van der Waals surface area contributed by atoms with Crippen LogP contribution >= 0.6 is 22.9 Å². The van der Waals surface area contributed by atoms with Crippen molar-refractivity contribution in [1.29, 1.82) is 0 Å². The third kappa shape index (κ3) is 6.02. The summed E-state index contributed by atoms with van der Waals surface area (Å²) in [6, 6.07) is 7.35. The number of guanidine groups is 1. The van der Waals surface area contributed by atoms with Crippen LogP contribution in [0.4, 0.5) is 0 Å². The third-order valence-corrected chi connectivity index (χ3v) is 4.56. The van der Waals surface area contributed by atoms with E-state index in [-0.39, 0.29) is 6.10 Å². The molecular weight excluding hydrogens is 344 g/mol. The van der Waals surface area contributed by atoms with Crippen molar-refractivity contribution in [2.24, 2.45) is 4.99 Å². The van der Waals surface area contributed by atoms with Crippen molar-refractivity contribution in [3.05, 3.63) is 45.4 Å². The molecule has 0 spiro atoms. The summed E-state index contributed by atoms with van der Waals surface area (Å²) in [6.45, 7) is 5.41. The van der Waals surface area contributed by atoms with E-state index in [0.29, 0.717) is 18.1 Å². The van der Waals surface area contributed by atoms with E-state index in [9.17, 15) is 0 Å². The minimum atomic E-state index is -0.00399. The molecule has 0 amide bonds. The van der Waals surface area contributed by atoms with Gasteiger partial charge in [-0.1, -0.05) is 18.5 Å². The molecular formula is C17H23ClN4OS. The number of benzene rings is 1. The Morgan fingerprint density at radius 2 is 2.08 bits per heavy atom. The van der Waals surface area contributed by atoms with E-state index in [2.05, 4.69) is 32.9 Å². The van der Waals surface area contributed by atoms with E-state index in [4.69, 9.17) is 16.3 Å². The van der Waals surface area contributed by atoms with Crippen molar-refractivity contribution < 1.29 is 4.74 Å². The van der Waals surface area contributed by atoms with Gasteiger partial charge in [0.25, 0.3) is 0 Å². The Labute approximate surface area is 152 Å². The number of nitrogens with one attached hydrogen (secondary N) is 2. The summed E-state index contributed by atoms with van der Waals surface area (Å²) in [6.07, 6.45) is 0.965. The van der Waals surface area contributed by atoms with Crippen LogP contribution in [-0.2, 0) is 13.0 Å². The first-order chi connectivity index (χ1) is 11.6. The molecule has 2 aromatic rings. The van der Waals surface area contributed by atoms with E-state index in [1.807, 2.05) is 31.2 Å². The molecule has 2 rings (SSSR count). The van der Waals surface area contributed by atoms with Gasteiger partial charge in [0.15, 0.2) is 5.96 Å². The maximum absolute atomic E-state index is 5.87. The predicted molar refractivity (Wildman–Crippen MR) is 101 cm³/mol. The zero-order valence-corrected chi connectivity index (χ0v) is 15.7. The first kappa shape index (κ1) is 18.5. The number of aryl methyl sites for hydroxylation is 1. The first-order valence-corrected chi connectivity index (χ1v) is 9.16. The molecule has 1 aromatic heterocycles. The smallest absolute Gasteiger partial charge is 0.191 e. The van der Waals surface area contributed by atoms with Crippen molar-refractivity contribution in [3.63, 3.8) is 0 Å². The Bertz CT molecular complexity index is 657. The van der Waals surface area contributed by atoms with Gasteiger partial charge in [0.05, 0.1) is 23.8 Å². The lowest BCUT2D eigenvalue weighted by Crippen LogP contribution is -2.41. The molecule has 1 unspecified atom stereocenters. The topological polar surface area (TPSA) is 58.5 Å². The molecule has 0 bridgehead atoms. The lowest BCUT2D eigenvalue weighted by Gasteiger charge is -2.17. The summed E-state index contributed by atoms with van der Waals surface area (Å²) >= 11 is 7.56. The highest BCUT2D eigenvalue weighted by atomic mass is 35.5. The van der Waals surface area contributed by atoms with Crippen molar-refractivity contribution in [3.8, 4) is 5.75 Å². The van der Waals surface area contributed by atoms with Crippen molar-refractivity contribution >= 4 is 28.9 Å². The average molecular weight is 367 g/mol. The molecule has 0 aliphatic heterocycles. The second-order valence-electron chi connectivity index (χ2n) is 5.28. The highest BCUT2D eigenvalue weighted by Gasteiger charge is 2.07. The number of aromatic nitrogens is 1. The minimum absolute atomic E-state index is 0.00399. The normalized spacial score (nSPS) is 12.8. The van der Waals surface area contributed by atoms with Crippen molar-refractivity contribution in [2.45, 2.75) is 32.9 Å². The van der Waals surface area contributed by atoms with Gasteiger partial charge in [0, 0.05) is 17.5 Å². The Kier molecular flexibility index (Phi) is 7.34. The maximum atomic E-state index is 5.87. The number of ether oxygens (including phenoxy) is 1. The summed E-state index contributed by atoms with van der Waals surface area (Å²) in [5, 5.41) is 10.4. The fourth-order valence-corrected chi connectivity index (χ4v) is 2.89.